The van der Waals surface area contributed by atoms with Crippen molar-refractivity contribution >= 4 is 17.9 Å². The highest BCUT2D eigenvalue weighted by atomic mass is 16.4. The van der Waals surface area contributed by atoms with Gasteiger partial charge in [0.15, 0.2) is 0 Å². The summed E-state index contributed by atoms with van der Waals surface area (Å²) >= 11 is 0. The van der Waals surface area contributed by atoms with Crippen LogP contribution < -0.4 is 16.4 Å². The van der Waals surface area contributed by atoms with Crippen molar-refractivity contribution in [3.05, 3.63) is 12.2 Å². The third-order valence-corrected chi connectivity index (χ3v) is 3.52. The van der Waals surface area contributed by atoms with Gasteiger partial charge in [0.05, 0.1) is 5.92 Å². The van der Waals surface area contributed by atoms with E-state index in [1.807, 2.05) is 13.8 Å². The molecule has 0 aliphatic heterocycles. The number of aliphatic carboxylic acids is 1. The maximum Gasteiger partial charge on any atom is 0.312 e. The summed E-state index contributed by atoms with van der Waals surface area (Å²) in [4.78, 5) is 33.9. The molecule has 20 heavy (non-hydrogen) atoms. The summed E-state index contributed by atoms with van der Waals surface area (Å²) in [6.45, 7) is 3.74. The van der Waals surface area contributed by atoms with E-state index in [1.54, 1.807) is 12.2 Å². The van der Waals surface area contributed by atoms with E-state index in [2.05, 4.69) is 10.6 Å². The van der Waals surface area contributed by atoms with E-state index >= 15 is 0 Å². The Morgan fingerprint density at radius 3 is 2.50 bits per heavy atom. The predicted octanol–water partition coefficient (Wildman–Crippen LogP) is 0.215. The van der Waals surface area contributed by atoms with E-state index in [9.17, 15) is 14.4 Å². The van der Waals surface area contributed by atoms with Gasteiger partial charge in [-0.15, -0.1) is 0 Å². The molecule has 0 bridgehead atoms. The minimum atomic E-state index is -0.910. The first-order chi connectivity index (χ1) is 9.35. The number of nitrogens with two attached hydrogens (primary N) is 1. The van der Waals surface area contributed by atoms with Crippen LogP contribution in [-0.4, -0.2) is 35.1 Å². The number of hydrogen-bond donors (Lipinski definition) is 4. The van der Waals surface area contributed by atoms with Crippen molar-refractivity contribution < 1.29 is 19.5 Å². The molecular formula is C13H21N3O4. The van der Waals surface area contributed by atoms with Crippen molar-refractivity contribution in [2.75, 3.05) is 0 Å². The van der Waals surface area contributed by atoms with Crippen LogP contribution >= 0.6 is 0 Å². The fourth-order valence-electron chi connectivity index (χ4n) is 2.12. The first kappa shape index (κ1) is 16.0. The van der Waals surface area contributed by atoms with Crippen LogP contribution in [0.3, 0.4) is 0 Å². The molecule has 0 spiro atoms. The van der Waals surface area contributed by atoms with E-state index in [-0.39, 0.29) is 17.9 Å². The fourth-order valence-corrected chi connectivity index (χ4v) is 2.12. The number of amides is 3. The summed E-state index contributed by atoms with van der Waals surface area (Å²) in [6.07, 6.45) is 4.25. The summed E-state index contributed by atoms with van der Waals surface area (Å²) in [6, 6.07) is -1.80. The third-order valence-electron chi connectivity index (χ3n) is 3.52. The van der Waals surface area contributed by atoms with Crippen molar-refractivity contribution in [2.24, 2.45) is 17.6 Å². The Balaban J connectivity index is 2.61. The average molecular weight is 283 g/mol. The smallest absolute Gasteiger partial charge is 0.312 e. The minimum absolute atomic E-state index is 0.0665. The van der Waals surface area contributed by atoms with Crippen LogP contribution in [0.2, 0.25) is 0 Å². The zero-order chi connectivity index (χ0) is 15.3. The molecule has 7 nitrogen and oxygen atoms in total. The molecular weight excluding hydrogens is 262 g/mol. The van der Waals surface area contributed by atoms with Crippen LogP contribution in [0.15, 0.2) is 12.2 Å². The van der Waals surface area contributed by atoms with Gasteiger partial charge in [-0.3, -0.25) is 9.59 Å². The molecule has 0 saturated heterocycles. The Kier molecular flexibility index (Phi) is 5.54. The Bertz CT molecular complexity index is 422. The van der Waals surface area contributed by atoms with Crippen LogP contribution in [0.1, 0.15) is 26.7 Å². The van der Waals surface area contributed by atoms with E-state index < -0.39 is 24.0 Å². The van der Waals surface area contributed by atoms with Gasteiger partial charge >= 0.3 is 12.0 Å². The van der Waals surface area contributed by atoms with E-state index in [4.69, 9.17) is 10.8 Å². The van der Waals surface area contributed by atoms with Crippen LogP contribution in [-0.2, 0) is 9.59 Å². The largest absolute Gasteiger partial charge is 0.481 e. The van der Waals surface area contributed by atoms with E-state index in [0.717, 1.165) is 0 Å². The molecule has 4 unspecified atom stereocenters. The zero-order valence-corrected chi connectivity index (χ0v) is 11.6. The summed E-state index contributed by atoms with van der Waals surface area (Å²) in [5, 5.41) is 14.0. The van der Waals surface area contributed by atoms with Gasteiger partial charge in [0, 0.05) is 6.04 Å². The van der Waals surface area contributed by atoms with Crippen molar-refractivity contribution in [3.8, 4) is 0 Å². The van der Waals surface area contributed by atoms with Gasteiger partial charge in [-0.1, -0.05) is 32.4 Å². The lowest BCUT2D eigenvalue weighted by Gasteiger charge is -2.24. The number of nitrogens with one attached hydrogen (secondary N) is 2. The molecule has 3 amide bonds. The summed E-state index contributed by atoms with van der Waals surface area (Å²) < 4.78 is 0. The number of rotatable bonds is 6. The molecule has 1 aliphatic carbocycles. The number of primary amides is 1. The number of carboxylic acids is 1. The lowest BCUT2D eigenvalue weighted by molar-refractivity contribution is -0.140. The maximum atomic E-state index is 12.1. The summed E-state index contributed by atoms with van der Waals surface area (Å²) in [5.41, 5.74) is 5.07. The maximum absolute atomic E-state index is 12.1. The number of hydrogen-bond acceptors (Lipinski definition) is 3. The molecule has 0 aromatic rings. The van der Waals surface area contributed by atoms with Gasteiger partial charge in [-0.05, 0) is 12.3 Å². The Hall–Kier alpha value is -2.05. The average Bonchev–Trinajstić information content (AvgIpc) is 2.83. The number of urea groups is 1. The highest BCUT2D eigenvalue weighted by Crippen LogP contribution is 2.18. The van der Waals surface area contributed by atoms with Gasteiger partial charge in [-0.25, -0.2) is 4.79 Å². The van der Waals surface area contributed by atoms with Crippen LogP contribution in [0.5, 0.6) is 0 Å². The highest BCUT2D eigenvalue weighted by Gasteiger charge is 2.30. The van der Waals surface area contributed by atoms with Gasteiger partial charge in [0.2, 0.25) is 5.91 Å². The van der Waals surface area contributed by atoms with E-state index in [0.29, 0.717) is 12.8 Å². The molecule has 0 heterocycles. The molecule has 7 heteroatoms. The predicted molar refractivity (Wildman–Crippen MR) is 72.8 cm³/mol. The SMILES string of the molecule is CCC(C)C(NC(N)=O)C(=O)NC1C=CC(C(=O)O)C1. The van der Waals surface area contributed by atoms with Crippen molar-refractivity contribution in [2.45, 2.75) is 38.8 Å². The number of carboxylic acid groups (broad SMARTS) is 1. The van der Waals surface area contributed by atoms with Crippen LogP contribution in [0, 0.1) is 11.8 Å². The summed E-state index contributed by atoms with van der Waals surface area (Å²) in [7, 11) is 0. The first-order valence-electron chi connectivity index (χ1n) is 6.62. The quantitative estimate of drug-likeness (QED) is 0.521. The standard InChI is InChI=1S/C13H21N3O4/c1-3-7(2)10(16-13(14)20)11(17)15-9-5-4-8(6-9)12(18)19/h4-5,7-10H,3,6H2,1-2H3,(H,15,17)(H,18,19)(H3,14,16,20). The zero-order valence-electron chi connectivity index (χ0n) is 11.6. The monoisotopic (exact) mass is 283 g/mol. The Morgan fingerprint density at radius 2 is 2.05 bits per heavy atom. The second kappa shape index (κ2) is 6.93. The third kappa shape index (κ3) is 4.25. The fraction of sp³-hybridized carbons (Fsp3) is 0.615. The minimum Gasteiger partial charge on any atom is -0.481 e. The second-order valence-corrected chi connectivity index (χ2v) is 5.05. The molecule has 4 atom stereocenters. The molecule has 112 valence electrons. The lowest BCUT2D eigenvalue weighted by Crippen LogP contribution is -2.53. The molecule has 0 radical (unpaired) electrons. The second-order valence-electron chi connectivity index (χ2n) is 5.05. The highest BCUT2D eigenvalue weighted by molar-refractivity contribution is 5.87. The molecule has 0 fully saturated rings. The molecule has 5 N–H and O–H groups in total. The molecule has 0 aromatic carbocycles. The van der Waals surface area contributed by atoms with Crippen molar-refractivity contribution in [1.29, 1.82) is 0 Å². The van der Waals surface area contributed by atoms with Crippen LogP contribution in [0.4, 0.5) is 4.79 Å². The molecule has 1 aliphatic rings. The van der Waals surface area contributed by atoms with Gasteiger partial charge in [0.25, 0.3) is 0 Å². The topological polar surface area (TPSA) is 122 Å². The van der Waals surface area contributed by atoms with E-state index in [1.165, 1.54) is 0 Å². The van der Waals surface area contributed by atoms with Crippen molar-refractivity contribution in [3.63, 3.8) is 0 Å². The van der Waals surface area contributed by atoms with Gasteiger partial charge < -0.3 is 21.5 Å². The number of carbonyl (C=O) groups excluding carboxylic acids is 2. The van der Waals surface area contributed by atoms with Gasteiger partial charge in [-0.2, -0.15) is 0 Å². The van der Waals surface area contributed by atoms with Crippen LogP contribution in [0.25, 0.3) is 0 Å². The van der Waals surface area contributed by atoms with Gasteiger partial charge in [0.1, 0.15) is 6.04 Å². The lowest BCUT2D eigenvalue weighted by atomic mass is 9.98. The van der Waals surface area contributed by atoms with Crippen molar-refractivity contribution in [1.82, 2.24) is 10.6 Å². The number of carbonyl (C=O) groups is 3. The first-order valence-corrected chi connectivity index (χ1v) is 6.62. The molecule has 0 saturated carbocycles. The molecule has 1 rings (SSSR count). The molecule has 0 aromatic heterocycles. The summed E-state index contributed by atoms with van der Waals surface area (Å²) in [5.74, 6) is -1.90. The normalized spacial score (nSPS) is 23.9. The Labute approximate surface area is 117 Å². The Morgan fingerprint density at radius 1 is 1.40 bits per heavy atom.